The van der Waals surface area contributed by atoms with Crippen LogP contribution in [0.15, 0.2) is 53.2 Å². The van der Waals surface area contributed by atoms with E-state index < -0.39 is 21.2 Å². The van der Waals surface area contributed by atoms with Crippen molar-refractivity contribution in [1.82, 2.24) is 33.6 Å². The van der Waals surface area contributed by atoms with Crippen molar-refractivity contribution in [1.29, 1.82) is 0 Å². The van der Waals surface area contributed by atoms with E-state index in [0.717, 1.165) is 29.7 Å². The predicted molar refractivity (Wildman–Crippen MR) is 209 cm³/mol. The second kappa shape index (κ2) is 14.4. The summed E-state index contributed by atoms with van der Waals surface area (Å²) in [6, 6.07) is 11.2. The molecule has 282 valence electrons. The molecule has 2 aliphatic rings. The van der Waals surface area contributed by atoms with Crippen LogP contribution in [0.4, 0.5) is 0 Å². The number of Topliss-reactive ketones (excluding diaryl/α,β-unsaturated/α-hetero) is 1. The number of pyridine rings is 2. The molecule has 14 heteroatoms. The molecule has 2 saturated heterocycles. The smallest absolute Gasteiger partial charge is 0.226 e. The molecule has 1 unspecified atom stereocenters. The second-order valence-corrected chi connectivity index (χ2v) is 22.6. The maximum Gasteiger partial charge on any atom is 0.226 e. The Labute approximate surface area is 309 Å². The average molecular weight is 752 g/mol. The first kappa shape index (κ1) is 38.8. The highest BCUT2D eigenvalue weighted by Gasteiger charge is 2.55. The van der Waals surface area contributed by atoms with Gasteiger partial charge in [-0.1, -0.05) is 27.7 Å². The van der Waals surface area contributed by atoms with Crippen LogP contribution in [-0.2, 0) is 6.42 Å². The predicted octanol–water partition coefficient (Wildman–Crippen LogP) is 6.78. The van der Waals surface area contributed by atoms with Crippen LogP contribution in [0.2, 0.25) is 0 Å². The zero-order chi connectivity index (χ0) is 37.8. The van der Waals surface area contributed by atoms with Gasteiger partial charge < -0.3 is 18.9 Å². The number of carbonyl (C=O) groups is 1. The van der Waals surface area contributed by atoms with Crippen molar-refractivity contribution in [3.05, 3.63) is 71.5 Å². The number of hydrogen-bond donors (Lipinski definition) is 2. The van der Waals surface area contributed by atoms with Crippen molar-refractivity contribution in [3.8, 4) is 17.2 Å². The highest BCUT2D eigenvalue weighted by atomic mass is 31.2. The Kier molecular flexibility index (Phi) is 10.7. The van der Waals surface area contributed by atoms with E-state index in [4.69, 9.17) is 14.1 Å². The summed E-state index contributed by atoms with van der Waals surface area (Å²) in [6.45, 7) is 13.6. The van der Waals surface area contributed by atoms with Crippen molar-refractivity contribution in [2.24, 2.45) is 10.8 Å². The number of ketones is 1. The Morgan fingerprint density at radius 2 is 1.50 bits per heavy atom. The van der Waals surface area contributed by atoms with Crippen LogP contribution < -0.4 is 4.74 Å². The summed E-state index contributed by atoms with van der Waals surface area (Å²) in [5.41, 5.74) is 2.91. The molecule has 0 spiro atoms. The summed E-state index contributed by atoms with van der Waals surface area (Å²) in [7, 11) is 3.62. The molecule has 4 aromatic rings. The van der Waals surface area contributed by atoms with Crippen molar-refractivity contribution in [2.75, 3.05) is 67.6 Å². The highest BCUT2D eigenvalue weighted by Crippen LogP contribution is 2.78. The average Bonchev–Trinajstić information content (AvgIpc) is 3.46. The highest BCUT2D eigenvalue weighted by molar-refractivity contribution is 7.70. The number of aryl methyl sites for hydroxylation is 2. The van der Waals surface area contributed by atoms with Gasteiger partial charge in [0.2, 0.25) is 5.89 Å². The molecular weight excluding hydrogens is 696 g/mol. The largest absolute Gasteiger partial charge is 0.495 e. The lowest BCUT2D eigenvalue weighted by Gasteiger charge is -2.60. The summed E-state index contributed by atoms with van der Waals surface area (Å²) in [4.78, 5) is 53.0. The number of methoxy groups -OCH3 is 1. The first-order chi connectivity index (χ1) is 24.4. The van der Waals surface area contributed by atoms with Gasteiger partial charge in [0.25, 0.3) is 0 Å². The number of benzene rings is 1. The lowest BCUT2D eigenvalue weighted by atomic mass is 9.93. The van der Waals surface area contributed by atoms with Gasteiger partial charge in [0, 0.05) is 74.1 Å². The quantitative estimate of drug-likeness (QED) is 0.131. The maximum atomic E-state index is 13.5. The van der Waals surface area contributed by atoms with Gasteiger partial charge in [0.15, 0.2) is 5.78 Å². The zero-order valence-corrected chi connectivity index (χ0v) is 34.1. The van der Waals surface area contributed by atoms with E-state index in [1.54, 1.807) is 19.5 Å². The van der Waals surface area contributed by atoms with E-state index in [-0.39, 0.29) is 23.0 Å². The van der Waals surface area contributed by atoms with E-state index in [1.165, 1.54) is 0 Å². The summed E-state index contributed by atoms with van der Waals surface area (Å²) >= 11 is 0. The molecule has 5 heterocycles. The van der Waals surface area contributed by atoms with Gasteiger partial charge in [0.05, 0.1) is 29.7 Å². The normalized spacial score (nSPS) is 21.3. The molecule has 12 nitrogen and oxygen atoms in total. The summed E-state index contributed by atoms with van der Waals surface area (Å²) in [5.74, 6) is 1.72. The Morgan fingerprint density at radius 1 is 0.904 bits per heavy atom. The van der Waals surface area contributed by atoms with Crippen LogP contribution in [0.1, 0.15) is 67.3 Å². The lowest BCUT2D eigenvalue weighted by Crippen LogP contribution is -2.52. The van der Waals surface area contributed by atoms with Crippen LogP contribution >= 0.6 is 15.6 Å². The Morgan fingerprint density at radius 3 is 2.10 bits per heavy atom. The molecular formula is C38H55N7O5P2. The molecule has 2 fully saturated rings. The van der Waals surface area contributed by atoms with Gasteiger partial charge in [-0.25, -0.2) is 9.97 Å². The molecule has 6 rings (SSSR count). The second-order valence-electron chi connectivity index (χ2n) is 16.3. The summed E-state index contributed by atoms with van der Waals surface area (Å²) < 4.78 is 20.4. The Hall–Kier alpha value is -2.92. The summed E-state index contributed by atoms with van der Waals surface area (Å²) in [5, 5.41) is 0.766. The van der Waals surface area contributed by atoms with Crippen LogP contribution in [-0.4, -0.2) is 117 Å². The fourth-order valence-corrected chi connectivity index (χ4v) is 15.9. The molecule has 0 amide bonds. The fourth-order valence-electron chi connectivity index (χ4n) is 8.28. The van der Waals surface area contributed by atoms with Gasteiger partial charge in [-0.2, -0.15) is 0 Å². The molecule has 0 aliphatic carbocycles. The lowest BCUT2D eigenvalue weighted by molar-refractivity contribution is 0.0982. The molecule has 2 aliphatic heterocycles. The Balaban J connectivity index is 1.33. The number of hydrogen-bond acceptors (Lipinski definition) is 12. The molecule has 2 N–H and O–H groups in total. The first-order valence-electron chi connectivity index (χ1n) is 17.8. The van der Waals surface area contributed by atoms with Crippen LogP contribution in [0.25, 0.3) is 22.4 Å². The SMILES string of the molecule is COc1cc2cc(C(=O)CCc3nc(-c4ccncc4)oc3C)ccc2nc1C(C[P]1(O)N(C)CC(C)(C)CN1C)[P]1(O)N(C)CC(C)(C)CN1C. The molecule has 1 aromatic carbocycles. The van der Waals surface area contributed by atoms with Gasteiger partial charge in [-0.15, -0.1) is 0 Å². The van der Waals surface area contributed by atoms with E-state index in [0.29, 0.717) is 59.8 Å². The number of aromatic nitrogens is 3. The molecule has 2 radical (unpaired) electrons. The van der Waals surface area contributed by atoms with E-state index in [9.17, 15) is 14.6 Å². The van der Waals surface area contributed by atoms with Gasteiger partial charge in [-0.05, 0) is 82.3 Å². The first-order valence-corrected chi connectivity index (χ1v) is 21.4. The topological polar surface area (TPSA) is 132 Å². The van der Waals surface area contributed by atoms with Crippen LogP contribution in [0, 0.1) is 17.8 Å². The minimum absolute atomic E-state index is 0.00460. The molecule has 3 aromatic heterocycles. The monoisotopic (exact) mass is 751 g/mol. The number of fused-ring (bicyclic) bond motifs is 1. The van der Waals surface area contributed by atoms with Crippen molar-refractivity contribution in [3.63, 3.8) is 0 Å². The molecule has 1 atom stereocenters. The fraction of sp³-hybridized carbons (Fsp3) is 0.526. The van der Waals surface area contributed by atoms with E-state index >= 15 is 0 Å². The minimum Gasteiger partial charge on any atom is -0.495 e. The third kappa shape index (κ3) is 7.42. The molecule has 52 heavy (non-hydrogen) atoms. The standard InChI is InChI=1S/C38H55N7O5P2/c1-26-30(41-36(50-26)27-15-17-39-18-16-27)13-14-32(46)28-11-12-31-29(19-28)20-33(49-10)35(40-31)34(52(48)44(8)24-38(4,5)25-45(52)9)21-51(47)42(6)22-37(2,3)23-43(51)7/h11-12,15-20,34,47-48H,13-14,21-25H2,1-10H3. The van der Waals surface area contributed by atoms with Gasteiger partial charge in [-0.3, -0.25) is 28.5 Å². The zero-order valence-electron chi connectivity index (χ0n) is 32.3. The van der Waals surface area contributed by atoms with Crippen molar-refractivity contribution in [2.45, 2.75) is 53.1 Å². The number of carbonyl (C=O) groups excluding carboxylic acids is 1. The third-order valence-electron chi connectivity index (χ3n) is 10.6. The van der Waals surface area contributed by atoms with Crippen LogP contribution in [0.5, 0.6) is 5.75 Å². The number of oxazole rings is 1. The van der Waals surface area contributed by atoms with Crippen molar-refractivity contribution < 1.29 is 23.7 Å². The number of rotatable bonds is 10. The molecule has 0 saturated carbocycles. The van der Waals surface area contributed by atoms with E-state index in [1.807, 2.05) is 71.5 Å². The number of ether oxygens (including phenoxy) is 1. The number of nitrogens with zero attached hydrogens (tertiary/aromatic N) is 7. The van der Waals surface area contributed by atoms with Crippen LogP contribution in [0.3, 0.4) is 0 Å². The van der Waals surface area contributed by atoms with E-state index in [2.05, 4.69) is 56.3 Å². The van der Waals surface area contributed by atoms with Crippen molar-refractivity contribution >= 4 is 32.3 Å². The van der Waals surface area contributed by atoms with Gasteiger partial charge in [0.1, 0.15) is 27.1 Å². The van der Waals surface area contributed by atoms with Gasteiger partial charge >= 0.3 is 0 Å². The summed E-state index contributed by atoms with van der Waals surface area (Å²) in [6.07, 6.45) is 4.43. The third-order valence-corrected chi connectivity index (χ3v) is 17.8. The maximum absolute atomic E-state index is 13.5. The minimum atomic E-state index is -3.09. The molecule has 0 bridgehead atoms. The Bertz CT molecular complexity index is 1910.